The lowest BCUT2D eigenvalue weighted by Crippen LogP contribution is -1.86. The second kappa shape index (κ2) is 5.09. The predicted molar refractivity (Wildman–Crippen MR) is 80.6 cm³/mol. The molecule has 0 aliphatic rings. The Balaban J connectivity index is 1.85. The van der Waals surface area contributed by atoms with Crippen LogP contribution in [0.3, 0.4) is 0 Å². The third kappa shape index (κ3) is 2.49. The number of oxazole rings is 1. The van der Waals surface area contributed by atoms with Crippen molar-refractivity contribution in [1.82, 2.24) is 4.98 Å². The molecule has 3 rings (SSSR count). The maximum Gasteiger partial charge on any atom is 0.220 e. The summed E-state index contributed by atoms with van der Waals surface area (Å²) in [6, 6.07) is 12.9. The zero-order valence-corrected chi connectivity index (χ0v) is 11.0. The molecule has 0 saturated heterocycles. The van der Waals surface area contributed by atoms with E-state index in [0.29, 0.717) is 11.5 Å². The van der Waals surface area contributed by atoms with Crippen molar-refractivity contribution in [2.45, 2.75) is 0 Å². The van der Waals surface area contributed by atoms with Crippen molar-refractivity contribution in [2.75, 3.05) is 12.4 Å². The quantitative estimate of drug-likeness (QED) is 0.758. The molecule has 0 spiro atoms. The molecule has 0 aliphatic carbocycles. The summed E-state index contributed by atoms with van der Waals surface area (Å²) in [7, 11) is 1.89. The van der Waals surface area contributed by atoms with Gasteiger partial charge in [-0.15, -0.1) is 0 Å². The number of aromatic hydroxyl groups is 1. The van der Waals surface area contributed by atoms with Crippen molar-refractivity contribution in [1.29, 1.82) is 0 Å². The highest BCUT2D eigenvalue weighted by Crippen LogP contribution is 2.21. The van der Waals surface area contributed by atoms with E-state index in [4.69, 9.17) is 4.42 Å². The Labute approximate surface area is 116 Å². The number of nitrogens with zero attached hydrogens (tertiary/aromatic N) is 1. The first-order valence-corrected chi connectivity index (χ1v) is 6.30. The lowest BCUT2D eigenvalue weighted by molar-refractivity contribution is 0.474. The van der Waals surface area contributed by atoms with Gasteiger partial charge in [-0.3, -0.25) is 0 Å². The van der Waals surface area contributed by atoms with Crippen molar-refractivity contribution in [3.63, 3.8) is 0 Å². The Kier molecular flexibility index (Phi) is 3.13. The average molecular weight is 266 g/mol. The Hall–Kier alpha value is -2.75. The number of phenolic OH excluding ortho intramolecular Hbond substituents is 1. The van der Waals surface area contributed by atoms with Crippen LogP contribution in [0.25, 0.3) is 23.3 Å². The van der Waals surface area contributed by atoms with Crippen LogP contribution in [0.15, 0.2) is 46.9 Å². The van der Waals surface area contributed by atoms with E-state index in [-0.39, 0.29) is 5.75 Å². The van der Waals surface area contributed by atoms with Gasteiger partial charge in [0.05, 0.1) is 0 Å². The number of fused-ring (bicyclic) bond motifs is 1. The van der Waals surface area contributed by atoms with Gasteiger partial charge in [0, 0.05) is 24.9 Å². The highest BCUT2D eigenvalue weighted by molar-refractivity contribution is 5.77. The van der Waals surface area contributed by atoms with E-state index in [1.165, 1.54) is 0 Å². The molecular formula is C16H14N2O2. The Morgan fingerprint density at radius 3 is 2.65 bits per heavy atom. The molecule has 3 aromatic rings. The molecule has 0 amide bonds. The number of aromatic nitrogens is 1. The van der Waals surface area contributed by atoms with Crippen LogP contribution in [0.2, 0.25) is 0 Å². The second-order valence-corrected chi connectivity index (χ2v) is 4.41. The van der Waals surface area contributed by atoms with Gasteiger partial charge >= 0.3 is 0 Å². The standard InChI is InChI=1S/C16H14N2O2/c1-17-12-5-2-11(3-6-12)4-9-16-18-14-8-7-13(19)10-15(14)20-16/h2-10,17,19H,1H3/b9-4+. The molecule has 4 nitrogen and oxygen atoms in total. The molecule has 0 unspecified atom stereocenters. The number of phenols is 1. The van der Waals surface area contributed by atoms with Crippen molar-refractivity contribution in [2.24, 2.45) is 0 Å². The van der Waals surface area contributed by atoms with Gasteiger partial charge in [-0.2, -0.15) is 0 Å². The second-order valence-electron chi connectivity index (χ2n) is 4.41. The molecule has 0 fully saturated rings. The summed E-state index contributed by atoms with van der Waals surface area (Å²) < 4.78 is 5.55. The minimum absolute atomic E-state index is 0.173. The summed E-state index contributed by atoms with van der Waals surface area (Å²) >= 11 is 0. The summed E-state index contributed by atoms with van der Waals surface area (Å²) in [6.45, 7) is 0. The fourth-order valence-corrected chi connectivity index (χ4v) is 1.93. The van der Waals surface area contributed by atoms with E-state index >= 15 is 0 Å². The normalized spacial score (nSPS) is 11.2. The van der Waals surface area contributed by atoms with Crippen LogP contribution in [-0.4, -0.2) is 17.1 Å². The van der Waals surface area contributed by atoms with Gasteiger partial charge in [0.1, 0.15) is 11.3 Å². The van der Waals surface area contributed by atoms with Crippen LogP contribution < -0.4 is 5.32 Å². The predicted octanol–water partition coefficient (Wildman–Crippen LogP) is 3.75. The number of hydrogen-bond acceptors (Lipinski definition) is 4. The summed E-state index contributed by atoms with van der Waals surface area (Å²) in [5.74, 6) is 0.690. The van der Waals surface area contributed by atoms with E-state index in [2.05, 4.69) is 10.3 Å². The average Bonchev–Trinajstić information content (AvgIpc) is 2.87. The summed E-state index contributed by atoms with van der Waals surface area (Å²) in [5.41, 5.74) is 3.44. The van der Waals surface area contributed by atoms with Gasteiger partial charge in [-0.25, -0.2) is 4.98 Å². The van der Waals surface area contributed by atoms with E-state index < -0.39 is 0 Å². The fourth-order valence-electron chi connectivity index (χ4n) is 1.93. The number of benzene rings is 2. The number of anilines is 1. The highest BCUT2D eigenvalue weighted by atomic mass is 16.3. The first-order valence-electron chi connectivity index (χ1n) is 6.30. The summed E-state index contributed by atoms with van der Waals surface area (Å²) in [6.07, 6.45) is 3.75. The maximum atomic E-state index is 9.39. The molecule has 1 aromatic heterocycles. The molecule has 2 N–H and O–H groups in total. The van der Waals surface area contributed by atoms with Crippen LogP contribution in [0.1, 0.15) is 11.5 Å². The molecule has 0 atom stereocenters. The van der Waals surface area contributed by atoms with Gasteiger partial charge in [-0.1, -0.05) is 12.1 Å². The minimum atomic E-state index is 0.173. The van der Waals surface area contributed by atoms with Crippen LogP contribution in [0.4, 0.5) is 5.69 Å². The number of hydrogen-bond donors (Lipinski definition) is 2. The zero-order chi connectivity index (χ0) is 13.9. The van der Waals surface area contributed by atoms with E-state index in [1.54, 1.807) is 18.2 Å². The Morgan fingerprint density at radius 2 is 1.90 bits per heavy atom. The van der Waals surface area contributed by atoms with Crippen molar-refractivity contribution in [3.8, 4) is 5.75 Å². The largest absolute Gasteiger partial charge is 0.508 e. The molecule has 20 heavy (non-hydrogen) atoms. The van der Waals surface area contributed by atoms with Crippen LogP contribution in [0, 0.1) is 0 Å². The monoisotopic (exact) mass is 266 g/mol. The van der Waals surface area contributed by atoms with E-state index in [1.807, 2.05) is 43.5 Å². The van der Waals surface area contributed by atoms with Crippen LogP contribution in [0.5, 0.6) is 5.75 Å². The SMILES string of the molecule is CNc1ccc(/C=C/c2nc3ccc(O)cc3o2)cc1. The first kappa shape index (κ1) is 12.3. The van der Waals surface area contributed by atoms with Crippen molar-refractivity contribution in [3.05, 3.63) is 53.9 Å². The summed E-state index contributed by atoms with van der Waals surface area (Å²) in [5, 5.41) is 12.5. The third-order valence-corrected chi connectivity index (χ3v) is 3.01. The molecule has 4 heteroatoms. The molecule has 0 saturated carbocycles. The van der Waals surface area contributed by atoms with Gasteiger partial charge in [0.2, 0.25) is 5.89 Å². The first-order chi connectivity index (χ1) is 9.74. The topological polar surface area (TPSA) is 58.3 Å². The Bertz CT molecular complexity index is 758. The lowest BCUT2D eigenvalue weighted by atomic mass is 10.2. The molecule has 0 aliphatic heterocycles. The van der Waals surface area contributed by atoms with Crippen LogP contribution in [-0.2, 0) is 0 Å². The molecule has 2 aromatic carbocycles. The number of nitrogens with one attached hydrogen (secondary N) is 1. The van der Waals surface area contributed by atoms with Gasteiger partial charge in [0.15, 0.2) is 5.58 Å². The van der Waals surface area contributed by atoms with Crippen molar-refractivity contribution < 1.29 is 9.52 Å². The van der Waals surface area contributed by atoms with Gasteiger partial charge in [0.25, 0.3) is 0 Å². The van der Waals surface area contributed by atoms with E-state index in [9.17, 15) is 5.11 Å². The molecule has 0 radical (unpaired) electrons. The van der Waals surface area contributed by atoms with E-state index in [0.717, 1.165) is 16.8 Å². The molecular weight excluding hydrogens is 252 g/mol. The smallest absolute Gasteiger partial charge is 0.220 e. The molecule has 100 valence electrons. The Morgan fingerprint density at radius 1 is 1.10 bits per heavy atom. The number of rotatable bonds is 3. The lowest BCUT2D eigenvalue weighted by Gasteiger charge is -1.98. The van der Waals surface area contributed by atoms with Gasteiger partial charge in [-0.05, 0) is 35.9 Å². The molecule has 0 bridgehead atoms. The highest BCUT2D eigenvalue weighted by Gasteiger charge is 2.03. The summed E-state index contributed by atoms with van der Waals surface area (Å²) in [4.78, 5) is 4.33. The third-order valence-electron chi connectivity index (χ3n) is 3.01. The van der Waals surface area contributed by atoms with Crippen LogP contribution >= 0.6 is 0 Å². The minimum Gasteiger partial charge on any atom is -0.508 e. The molecule has 1 heterocycles. The van der Waals surface area contributed by atoms with Crippen molar-refractivity contribution >= 4 is 28.9 Å². The fraction of sp³-hybridized carbons (Fsp3) is 0.0625. The maximum absolute atomic E-state index is 9.39. The zero-order valence-electron chi connectivity index (χ0n) is 11.0. The van der Waals surface area contributed by atoms with Gasteiger partial charge < -0.3 is 14.8 Å².